The first-order valence-electron chi connectivity index (χ1n) is 10.9. The Kier molecular flexibility index (Phi) is 7.48. The number of rotatable bonds is 7. The molecule has 0 bridgehead atoms. The lowest BCUT2D eigenvalue weighted by atomic mass is 10.2. The van der Waals surface area contributed by atoms with Gasteiger partial charge in [-0.15, -0.1) is 0 Å². The van der Waals surface area contributed by atoms with Crippen molar-refractivity contribution >= 4 is 28.9 Å². The molecule has 164 valence electrons. The van der Waals surface area contributed by atoms with Crippen molar-refractivity contribution in [3.05, 3.63) is 95.6 Å². The lowest BCUT2D eigenvalue weighted by Gasteiger charge is -2.15. The molecule has 32 heavy (non-hydrogen) atoms. The third kappa shape index (κ3) is 6.39. The van der Waals surface area contributed by atoms with E-state index in [1.165, 1.54) is 31.5 Å². The molecule has 1 heterocycles. The van der Waals surface area contributed by atoms with Gasteiger partial charge in [-0.2, -0.15) is 0 Å². The van der Waals surface area contributed by atoms with Crippen molar-refractivity contribution in [1.29, 1.82) is 0 Å². The van der Waals surface area contributed by atoms with Gasteiger partial charge in [0.25, 0.3) is 5.91 Å². The van der Waals surface area contributed by atoms with E-state index in [0.717, 1.165) is 17.8 Å². The molecule has 1 amide bonds. The first kappa shape index (κ1) is 22.0. The minimum atomic E-state index is -0.261. The number of ether oxygens (including phenoxy) is 1. The van der Waals surface area contributed by atoms with E-state index in [2.05, 4.69) is 27.7 Å². The maximum atomic E-state index is 12.5. The Hall–Kier alpha value is -3.22. The number of carbonyl (C=O) groups excluding carboxylic acids is 1. The molecule has 4 rings (SSSR count). The van der Waals surface area contributed by atoms with Crippen molar-refractivity contribution in [2.75, 3.05) is 18.4 Å². The van der Waals surface area contributed by atoms with Crippen LogP contribution in [0.4, 0.5) is 5.69 Å². The van der Waals surface area contributed by atoms with Crippen molar-refractivity contribution in [2.24, 2.45) is 0 Å². The third-order valence-corrected chi connectivity index (χ3v) is 5.61. The Balaban J connectivity index is 1.24. The monoisotopic (exact) mass is 445 g/mol. The molecule has 0 radical (unpaired) electrons. The van der Waals surface area contributed by atoms with Crippen LogP contribution in [0.2, 0.25) is 0 Å². The summed E-state index contributed by atoms with van der Waals surface area (Å²) < 4.78 is 5.77. The highest BCUT2D eigenvalue weighted by atomic mass is 32.1. The fourth-order valence-electron chi connectivity index (χ4n) is 3.67. The van der Waals surface area contributed by atoms with Crippen LogP contribution in [0.15, 0.2) is 78.9 Å². The highest BCUT2D eigenvalue weighted by molar-refractivity contribution is 7.80. The van der Waals surface area contributed by atoms with Crippen LogP contribution in [0.25, 0.3) is 0 Å². The number of nitrogens with zero attached hydrogens (tertiary/aromatic N) is 1. The van der Waals surface area contributed by atoms with Gasteiger partial charge in [-0.05, 0) is 85.7 Å². The molecular weight excluding hydrogens is 418 g/mol. The quantitative estimate of drug-likeness (QED) is 0.502. The van der Waals surface area contributed by atoms with Crippen LogP contribution in [0, 0.1) is 0 Å². The summed E-state index contributed by atoms with van der Waals surface area (Å²) in [6.45, 7) is 3.82. The molecule has 2 N–H and O–H groups in total. The fraction of sp³-hybridized carbons (Fsp3) is 0.231. The summed E-state index contributed by atoms with van der Waals surface area (Å²) in [6, 6.07) is 25.1. The zero-order valence-electron chi connectivity index (χ0n) is 17.9. The molecule has 0 aromatic heterocycles. The lowest BCUT2D eigenvalue weighted by molar-refractivity contribution is 0.0977. The average molecular weight is 446 g/mol. The Labute approximate surface area is 194 Å². The number of likely N-dealkylation sites (tertiary alicyclic amines) is 1. The maximum Gasteiger partial charge on any atom is 0.257 e. The van der Waals surface area contributed by atoms with E-state index in [9.17, 15) is 4.79 Å². The molecule has 0 atom stereocenters. The predicted molar refractivity (Wildman–Crippen MR) is 132 cm³/mol. The van der Waals surface area contributed by atoms with Gasteiger partial charge in [0.15, 0.2) is 5.11 Å². The van der Waals surface area contributed by atoms with E-state index in [1.807, 2.05) is 42.5 Å². The summed E-state index contributed by atoms with van der Waals surface area (Å²) in [5.41, 5.74) is 3.74. The minimum absolute atomic E-state index is 0.261. The lowest BCUT2D eigenvalue weighted by Crippen LogP contribution is -2.34. The van der Waals surface area contributed by atoms with Crippen LogP contribution in [-0.2, 0) is 13.2 Å². The molecule has 5 nitrogen and oxygen atoms in total. The fourth-order valence-corrected chi connectivity index (χ4v) is 3.88. The maximum absolute atomic E-state index is 12.5. The second-order valence-corrected chi connectivity index (χ2v) is 8.30. The Bertz CT molecular complexity index is 1030. The van der Waals surface area contributed by atoms with Crippen molar-refractivity contribution in [3.63, 3.8) is 0 Å². The van der Waals surface area contributed by atoms with Gasteiger partial charge in [-0.1, -0.05) is 42.5 Å². The molecule has 1 fully saturated rings. The summed E-state index contributed by atoms with van der Waals surface area (Å²) in [7, 11) is 0. The predicted octanol–water partition coefficient (Wildman–Crippen LogP) is 4.99. The van der Waals surface area contributed by atoms with Gasteiger partial charge in [0.2, 0.25) is 0 Å². The van der Waals surface area contributed by atoms with E-state index in [-0.39, 0.29) is 11.0 Å². The van der Waals surface area contributed by atoms with Gasteiger partial charge in [0, 0.05) is 17.8 Å². The molecule has 1 saturated heterocycles. The van der Waals surface area contributed by atoms with E-state index in [0.29, 0.717) is 17.9 Å². The van der Waals surface area contributed by atoms with Gasteiger partial charge in [-0.3, -0.25) is 15.0 Å². The van der Waals surface area contributed by atoms with E-state index in [1.54, 1.807) is 24.3 Å². The topological polar surface area (TPSA) is 53.6 Å². The van der Waals surface area contributed by atoms with Gasteiger partial charge < -0.3 is 10.1 Å². The summed E-state index contributed by atoms with van der Waals surface area (Å²) >= 11 is 5.31. The SMILES string of the molecule is O=C(NC(=S)Nc1ccc(CN2CCCC2)cc1)c1ccc(OCc2ccccc2)cc1. The molecular formula is C26H27N3O2S. The largest absolute Gasteiger partial charge is 0.489 e. The van der Waals surface area contributed by atoms with Crippen LogP contribution >= 0.6 is 12.2 Å². The van der Waals surface area contributed by atoms with Crippen molar-refractivity contribution in [3.8, 4) is 5.75 Å². The van der Waals surface area contributed by atoms with Crippen molar-refractivity contribution < 1.29 is 9.53 Å². The Morgan fingerprint density at radius 2 is 1.56 bits per heavy atom. The molecule has 0 unspecified atom stereocenters. The number of carbonyl (C=O) groups is 1. The molecule has 0 saturated carbocycles. The minimum Gasteiger partial charge on any atom is -0.489 e. The summed E-state index contributed by atoms with van der Waals surface area (Å²) in [4.78, 5) is 15.0. The van der Waals surface area contributed by atoms with Crippen molar-refractivity contribution in [2.45, 2.75) is 26.0 Å². The van der Waals surface area contributed by atoms with Crippen LogP contribution in [-0.4, -0.2) is 29.0 Å². The van der Waals surface area contributed by atoms with Crippen molar-refractivity contribution in [1.82, 2.24) is 10.2 Å². The Morgan fingerprint density at radius 3 is 2.25 bits per heavy atom. The molecule has 1 aliphatic rings. The second kappa shape index (κ2) is 10.9. The van der Waals surface area contributed by atoms with Crippen LogP contribution in [0.5, 0.6) is 5.75 Å². The van der Waals surface area contributed by atoms with E-state index >= 15 is 0 Å². The number of amides is 1. The van der Waals surface area contributed by atoms with Crippen LogP contribution in [0.3, 0.4) is 0 Å². The molecule has 6 heteroatoms. The highest BCUT2D eigenvalue weighted by Crippen LogP contribution is 2.16. The molecule has 1 aliphatic heterocycles. The van der Waals surface area contributed by atoms with E-state index in [4.69, 9.17) is 17.0 Å². The number of nitrogens with one attached hydrogen (secondary N) is 2. The molecule has 3 aromatic rings. The standard InChI is InChI=1S/C26H27N3O2S/c30-25(22-10-14-24(15-11-22)31-19-21-6-2-1-3-7-21)28-26(32)27-23-12-8-20(9-13-23)18-29-16-4-5-17-29/h1-3,6-15H,4-5,16-19H2,(H2,27,28,30,32). The van der Waals surface area contributed by atoms with Gasteiger partial charge in [0.1, 0.15) is 12.4 Å². The summed E-state index contributed by atoms with van der Waals surface area (Å²) in [5.74, 6) is 0.447. The van der Waals surface area contributed by atoms with E-state index < -0.39 is 0 Å². The zero-order chi connectivity index (χ0) is 22.2. The van der Waals surface area contributed by atoms with Gasteiger partial charge >= 0.3 is 0 Å². The number of anilines is 1. The molecule has 3 aromatic carbocycles. The van der Waals surface area contributed by atoms with Gasteiger partial charge in [-0.25, -0.2) is 0 Å². The number of hydrogen-bond acceptors (Lipinski definition) is 4. The number of benzene rings is 3. The summed E-state index contributed by atoms with van der Waals surface area (Å²) in [5, 5.41) is 6.07. The highest BCUT2D eigenvalue weighted by Gasteiger charge is 2.12. The van der Waals surface area contributed by atoms with Crippen LogP contribution < -0.4 is 15.4 Å². The number of hydrogen-bond donors (Lipinski definition) is 2. The Morgan fingerprint density at radius 1 is 0.875 bits per heavy atom. The average Bonchev–Trinajstić information content (AvgIpc) is 3.33. The smallest absolute Gasteiger partial charge is 0.257 e. The summed E-state index contributed by atoms with van der Waals surface area (Å²) in [6.07, 6.45) is 2.58. The molecule has 0 spiro atoms. The number of thiocarbonyl (C=S) groups is 1. The van der Waals surface area contributed by atoms with Crippen LogP contribution in [0.1, 0.15) is 34.3 Å². The first-order chi connectivity index (χ1) is 15.7. The third-order valence-electron chi connectivity index (χ3n) is 5.41. The normalized spacial score (nSPS) is 13.5. The zero-order valence-corrected chi connectivity index (χ0v) is 18.7. The molecule has 0 aliphatic carbocycles. The first-order valence-corrected chi connectivity index (χ1v) is 11.3. The van der Waals surface area contributed by atoms with Gasteiger partial charge in [0.05, 0.1) is 0 Å². The second-order valence-electron chi connectivity index (χ2n) is 7.89.